The van der Waals surface area contributed by atoms with E-state index in [9.17, 15) is 0 Å². The van der Waals surface area contributed by atoms with Crippen LogP contribution in [0.4, 0.5) is 0 Å². The van der Waals surface area contributed by atoms with Gasteiger partial charge in [-0.3, -0.25) is 0 Å². The number of hydrogen-bond acceptors (Lipinski definition) is 0. The highest BCUT2D eigenvalue weighted by Gasteiger charge is 2.28. The van der Waals surface area contributed by atoms with Crippen LogP contribution in [0.3, 0.4) is 0 Å². The van der Waals surface area contributed by atoms with Crippen molar-refractivity contribution in [2.45, 2.75) is 260 Å². The van der Waals surface area contributed by atoms with Crippen molar-refractivity contribution in [2.24, 2.45) is 0 Å². The van der Waals surface area contributed by atoms with Crippen LogP contribution in [0.1, 0.15) is 258 Å². The maximum absolute atomic E-state index is 2.53. The average Bonchev–Trinajstić information content (AvgIpc) is 3.16. The molecule has 1 aromatic rings. The van der Waals surface area contributed by atoms with Crippen LogP contribution in [-0.4, -0.2) is 48.2 Å². The molecule has 0 unspecified atom stereocenters. The predicted octanol–water partition coefficient (Wildman–Crippen LogP) is 16.9. The Labute approximate surface area is 342 Å². The molecular formula is C52H102N2+2. The topological polar surface area (TPSA) is 0 Å². The lowest BCUT2D eigenvalue weighted by Crippen LogP contribution is -2.49. The second-order valence-electron chi connectivity index (χ2n) is 18.4. The summed E-state index contributed by atoms with van der Waals surface area (Å²) in [4.78, 5) is 0. The molecule has 0 aromatic heterocycles. The van der Waals surface area contributed by atoms with Crippen molar-refractivity contribution < 1.29 is 8.97 Å². The summed E-state index contributed by atoms with van der Waals surface area (Å²) in [5.74, 6) is 0. The Morgan fingerprint density at radius 1 is 0.241 bits per heavy atom. The summed E-state index contributed by atoms with van der Waals surface area (Å²) in [6.45, 7) is 24.8. The largest absolute Gasteiger partial charge is 0.320 e. The fraction of sp³-hybridized carbons (Fsp3) is 0.885. The van der Waals surface area contributed by atoms with Gasteiger partial charge in [-0.2, -0.15) is 0 Å². The molecule has 0 radical (unpaired) electrons. The van der Waals surface area contributed by atoms with Crippen LogP contribution in [0.15, 0.2) is 24.3 Å². The van der Waals surface area contributed by atoms with Gasteiger partial charge in [-0.05, 0) is 51.4 Å². The van der Waals surface area contributed by atoms with Gasteiger partial charge in [-0.15, -0.1) is 0 Å². The van der Waals surface area contributed by atoms with Crippen LogP contribution in [-0.2, 0) is 13.1 Å². The predicted molar refractivity (Wildman–Crippen MR) is 245 cm³/mol. The van der Waals surface area contributed by atoms with E-state index < -0.39 is 0 Å². The van der Waals surface area contributed by atoms with Crippen LogP contribution < -0.4 is 0 Å². The van der Waals surface area contributed by atoms with Crippen LogP contribution in [0.5, 0.6) is 0 Å². The molecule has 0 atom stereocenters. The molecule has 1 aromatic carbocycles. The Bertz CT molecular complexity index is 805. The molecule has 0 saturated heterocycles. The molecule has 1 rings (SSSR count). The first-order valence-corrected chi connectivity index (χ1v) is 25.3. The lowest BCUT2D eigenvalue weighted by Gasteiger charge is -2.40. The van der Waals surface area contributed by atoms with Crippen molar-refractivity contribution in [1.29, 1.82) is 0 Å². The minimum atomic E-state index is 1.23. The molecule has 2 heteroatoms. The minimum absolute atomic E-state index is 1.23. The van der Waals surface area contributed by atoms with E-state index in [0.29, 0.717) is 0 Å². The highest BCUT2D eigenvalue weighted by molar-refractivity contribution is 5.21. The van der Waals surface area contributed by atoms with Gasteiger partial charge in [0.05, 0.1) is 39.3 Å². The molecule has 0 spiro atoms. The molecule has 54 heavy (non-hydrogen) atoms. The van der Waals surface area contributed by atoms with Crippen LogP contribution in [0, 0.1) is 0 Å². The van der Waals surface area contributed by atoms with E-state index in [0.717, 1.165) is 0 Å². The van der Waals surface area contributed by atoms with Crippen molar-refractivity contribution in [3.63, 3.8) is 0 Å². The lowest BCUT2D eigenvalue weighted by molar-refractivity contribution is -0.941. The Morgan fingerprint density at radius 3 is 0.648 bits per heavy atom. The monoisotopic (exact) mass is 755 g/mol. The number of rotatable bonds is 42. The van der Waals surface area contributed by atoms with Crippen molar-refractivity contribution >= 4 is 0 Å². The first-order chi connectivity index (χ1) is 26.5. The molecule has 318 valence electrons. The summed E-state index contributed by atoms with van der Waals surface area (Å²) < 4.78 is 2.60. The summed E-state index contributed by atoms with van der Waals surface area (Å²) in [6.07, 6.45) is 45.7. The summed E-state index contributed by atoms with van der Waals surface area (Å²) in [7, 11) is 0. The van der Waals surface area contributed by atoms with E-state index in [4.69, 9.17) is 0 Å². The number of benzene rings is 1. The van der Waals surface area contributed by atoms with Crippen LogP contribution >= 0.6 is 0 Å². The van der Waals surface area contributed by atoms with Gasteiger partial charge < -0.3 is 8.97 Å². The van der Waals surface area contributed by atoms with Crippen LogP contribution in [0.25, 0.3) is 0 Å². The third-order valence-corrected chi connectivity index (χ3v) is 12.8. The zero-order valence-corrected chi connectivity index (χ0v) is 38.5. The van der Waals surface area contributed by atoms with Crippen molar-refractivity contribution in [2.75, 3.05) is 39.3 Å². The van der Waals surface area contributed by atoms with Gasteiger partial charge in [0, 0.05) is 11.1 Å². The van der Waals surface area contributed by atoms with Gasteiger partial charge in [0.15, 0.2) is 0 Å². The van der Waals surface area contributed by atoms with Crippen molar-refractivity contribution in [3.05, 3.63) is 35.4 Å². The quantitative estimate of drug-likeness (QED) is 0.0461. The molecule has 0 aliphatic heterocycles. The summed E-state index contributed by atoms with van der Waals surface area (Å²) in [5.41, 5.74) is 3.14. The Kier molecular flexibility index (Phi) is 34.6. The number of hydrogen-bond donors (Lipinski definition) is 0. The second kappa shape index (κ2) is 36.5. The normalized spacial score (nSPS) is 12.3. The van der Waals surface area contributed by atoms with Gasteiger partial charge in [0.2, 0.25) is 0 Å². The maximum atomic E-state index is 2.53. The first-order valence-electron chi connectivity index (χ1n) is 25.3. The van der Waals surface area contributed by atoms with Gasteiger partial charge in [0.1, 0.15) is 13.1 Å². The standard InChI is InChI=1S/C52H102N2/c1-7-13-15-17-19-21-23-25-27-29-31-33-35-37-47-53(43-9-3,44-10-4)49-51-39-41-52(42-40-51)50-54(45-11-5,46-12-6)48-38-36-34-32-30-28-26-24-22-20-18-16-14-8-2/h39-42H,7-38,43-50H2,1-6H3/q+2. The molecule has 0 N–H and O–H groups in total. The molecule has 2 nitrogen and oxygen atoms in total. The van der Waals surface area contributed by atoms with E-state index in [2.05, 4.69) is 65.8 Å². The Hall–Kier alpha value is -0.860. The number of unbranched alkanes of at least 4 members (excludes halogenated alkanes) is 26. The lowest BCUT2D eigenvalue weighted by atomic mass is 10.0. The van der Waals surface area contributed by atoms with Gasteiger partial charge >= 0.3 is 0 Å². The third-order valence-electron chi connectivity index (χ3n) is 12.8. The number of quaternary nitrogens is 2. The van der Waals surface area contributed by atoms with Gasteiger partial charge in [-0.1, -0.05) is 220 Å². The third kappa shape index (κ3) is 26.9. The highest BCUT2D eigenvalue weighted by atomic mass is 15.4. The van der Waals surface area contributed by atoms with E-state index in [1.54, 1.807) is 11.1 Å². The molecular weight excluding hydrogens is 653 g/mol. The van der Waals surface area contributed by atoms with Gasteiger partial charge in [0.25, 0.3) is 0 Å². The second-order valence-corrected chi connectivity index (χ2v) is 18.4. The zero-order chi connectivity index (χ0) is 39.3. The Balaban J connectivity index is 2.51. The molecule has 0 bridgehead atoms. The summed E-state index contributed by atoms with van der Waals surface area (Å²) in [5, 5.41) is 0. The van der Waals surface area contributed by atoms with Crippen molar-refractivity contribution in [1.82, 2.24) is 0 Å². The molecule has 0 aliphatic rings. The van der Waals surface area contributed by atoms with E-state index in [1.165, 1.54) is 267 Å². The first kappa shape index (κ1) is 51.2. The van der Waals surface area contributed by atoms with E-state index in [-0.39, 0.29) is 0 Å². The highest BCUT2D eigenvalue weighted by Crippen LogP contribution is 2.24. The van der Waals surface area contributed by atoms with Gasteiger partial charge in [-0.25, -0.2) is 0 Å². The SMILES string of the molecule is CCCCCCCCCCCCCCCC[N+](CCC)(CCC)Cc1ccc(C[N+](CCC)(CCC)CCCCCCCCCCCCCCCC)cc1. The maximum Gasteiger partial charge on any atom is 0.104 e. The molecule has 0 saturated carbocycles. The zero-order valence-electron chi connectivity index (χ0n) is 38.5. The fourth-order valence-corrected chi connectivity index (χ4v) is 9.85. The molecule has 0 amide bonds. The van der Waals surface area contributed by atoms with Crippen LogP contribution in [0.2, 0.25) is 0 Å². The summed E-state index contributed by atoms with van der Waals surface area (Å²) >= 11 is 0. The smallest absolute Gasteiger partial charge is 0.104 e. The molecule has 0 aliphatic carbocycles. The summed E-state index contributed by atoms with van der Waals surface area (Å²) in [6, 6.07) is 10.1. The molecule has 0 heterocycles. The minimum Gasteiger partial charge on any atom is -0.320 e. The van der Waals surface area contributed by atoms with E-state index in [1.807, 2.05) is 0 Å². The fourth-order valence-electron chi connectivity index (χ4n) is 9.85. The Morgan fingerprint density at radius 2 is 0.444 bits per heavy atom. The van der Waals surface area contributed by atoms with Crippen molar-refractivity contribution in [3.8, 4) is 0 Å². The average molecular weight is 755 g/mol. The molecule has 0 fully saturated rings. The van der Waals surface area contributed by atoms with E-state index >= 15 is 0 Å². The number of nitrogens with zero attached hydrogens (tertiary/aromatic N) is 2.